The third kappa shape index (κ3) is 7.97. The zero-order chi connectivity index (χ0) is 20.8. The summed E-state index contributed by atoms with van der Waals surface area (Å²) in [5, 5.41) is 3.02. The highest BCUT2D eigenvalue weighted by Crippen LogP contribution is 2.16. The van der Waals surface area contributed by atoms with Crippen molar-refractivity contribution in [2.45, 2.75) is 39.3 Å². The lowest BCUT2D eigenvalue weighted by molar-refractivity contribution is -0.125. The molecule has 1 aliphatic heterocycles. The van der Waals surface area contributed by atoms with Gasteiger partial charge in [0.15, 0.2) is 0 Å². The predicted molar refractivity (Wildman–Crippen MR) is 118 cm³/mol. The van der Waals surface area contributed by atoms with Crippen LogP contribution in [0.1, 0.15) is 32.3 Å². The summed E-state index contributed by atoms with van der Waals surface area (Å²) >= 11 is 0. The first-order chi connectivity index (χ1) is 13.6. The topological polar surface area (TPSA) is 41.6 Å². The number of amides is 1. The smallest absolute Gasteiger partial charge is 0.237 e. The molecule has 1 N–H and O–H groups in total. The first-order valence-electron chi connectivity index (χ1n) is 9.94. The number of rotatable bonds is 9. The number of nitrogens with one attached hydrogen (secondary N) is 1. The Morgan fingerprint density at radius 1 is 1.25 bits per heavy atom. The van der Waals surface area contributed by atoms with Gasteiger partial charge in [0.2, 0.25) is 5.91 Å². The van der Waals surface area contributed by atoms with Crippen molar-refractivity contribution in [1.82, 2.24) is 10.2 Å². The Hall–Kier alpha value is -2.59. The molecule has 1 saturated heterocycles. The zero-order valence-electron chi connectivity index (χ0n) is 17.5. The molecule has 1 amide bonds. The van der Waals surface area contributed by atoms with Crippen LogP contribution in [-0.4, -0.2) is 37.0 Å². The molecule has 0 aromatic heterocycles. The maximum absolute atomic E-state index is 12.2. The lowest BCUT2D eigenvalue weighted by Crippen LogP contribution is -2.41. The van der Waals surface area contributed by atoms with Gasteiger partial charge >= 0.3 is 0 Å². The number of carbonyl (C=O) groups excluding carboxylic acids is 1. The summed E-state index contributed by atoms with van der Waals surface area (Å²) in [6, 6.07) is 7.81. The third-order valence-corrected chi connectivity index (χ3v) is 4.40. The number of allylic oxidation sites excluding steroid dienone is 4. The van der Waals surface area contributed by atoms with Gasteiger partial charge in [0.1, 0.15) is 12.4 Å². The Morgan fingerprint density at radius 2 is 1.96 bits per heavy atom. The molecule has 1 unspecified atom stereocenters. The minimum atomic E-state index is 0.0105. The Kier molecular flexibility index (Phi) is 11.4. The first kappa shape index (κ1) is 23.4. The second kappa shape index (κ2) is 13.6. The van der Waals surface area contributed by atoms with Gasteiger partial charge in [0, 0.05) is 6.54 Å². The minimum absolute atomic E-state index is 0.0105. The van der Waals surface area contributed by atoms with Crippen LogP contribution < -0.4 is 10.1 Å². The molecular formula is C24H34N2O2. The van der Waals surface area contributed by atoms with Crippen LogP contribution in [0, 0.1) is 0 Å². The number of carbonyl (C=O) groups is 1. The Labute approximate surface area is 170 Å². The Balaban J connectivity index is 0.00000190. The first-order valence-corrected chi connectivity index (χ1v) is 9.94. The summed E-state index contributed by atoms with van der Waals surface area (Å²) in [6.07, 6.45) is 11.2. The number of likely N-dealkylation sites (N-methyl/N-ethyl adjacent to an activating group) is 1. The van der Waals surface area contributed by atoms with E-state index in [-0.39, 0.29) is 11.9 Å². The number of hydrogen-bond acceptors (Lipinski definition) is 3. The molecule has 1 aromatic rings. The van der Waals surface area contributed by atoms with Crippen molar-refractivity contribution in [3.63, 3.8) is 0 Å². The Morgan fingerprint density at radius 3 is 2.54 bits per heavy atom. The van der Waals surface area contributed by atoms with Gasteiger partial charge in [-0.1, -0.05) is 69.5 Å². The standard InChI is InChI=1S/C22H28N2O2.C2H6/c1-4-6-9-19(8-5-2)17-26-20-13-11-18(12-14-20)16-23-22(25)21-10-7-15-24(21)3;1-2/h4-6,8-9,11-14,21H,1-2,7,10,15-17H2,3H3,(H,23,25);1-2H3/b9-6-,19-8+;. The van der Waals surface area contributed by atoms with E-state index < -0.39 is 0 Å². The molecule has 2 rings (SSSR count). The van der Waals surface area contributed by atoms with E-state index in [1.54, 1.807) is 12.2 Å². The molecule has 28 heavy (non-hydrogen) atoms. The second-order valence-electron chi connectivity index (χ2n) is 6.36. The molecule has 0 bridgehead atoms. The van der Waals surface area contributed by atoms with Crippen molar-refractivity contribution in [3.05, 3.63) is 78.9 Å². The highest BCUT2D eigenvalue weighted by atomic mass is 16.5. The summed E-state index contributed by atoms with van der Waals surface area (Å²) < 4.78 is 5.80. The van der Waals surface area contributed by atoms with Crippen molar-refractivity contribution < 1.29 is 9.53 Å². The molecule has 0 saturated carbocycles. The molecule has 4 nitrogen and oxygen atoms in total. The molecule has 1 fully saturated rings. The highest BCUT2D eigenvalue weighted by molar-refractivity contribution is 5.81. The van der Waals surface area contributed by atoms with Crippen LogP contribution in [0.4, 0.5) is 0 Å². The van der Waals surface area contributed by atoms with Crippen LogP contribution in [0.2, 0.25) is 0 Å². The van der Waals surface area contributed by atoms with E-state index >= 15 is 0 Å². The van der Waals surface area contributed by atoms with Gasteiger partial charge in [-0.3, -0.25) is 9.69 Å². The van der Waals surface area contributed by atoms with Gasteiger partial charge in [0.25, 0.3) is 0 Å². The van der Waals surface area contributed by atoms with E-state index in [0.29, 0.717) is 13.2 Å². The SMILES string of the molecule is C=C/C=C\C(=C/C=C)COc1ccc(CNC(=O)C2CCCN2C)cc1.CC. The fraction of sp³-hybridized carbons (Fsp3) is 0.375. The molecule has 1 heterocycles. The van der Waals surface area contributed by atoms with Crippen LogP contribution in [0.15, 0.2) is 73.4 Å². The predicted octanol–water partition coefficient (Wildman–Crippen LogP) is 4.66. The molecule has 0 spiro atoms. The summed E-state index contributed by atoms with van der Waals surface area (Å²) in [5.74, 6) is 0.899. The van der Waals surface area contributed by atoms with Crippen LogP contribution in [0.5, 0.6) is 5.75 Å². The summed E-state index contributed by atoms with van der Waals surface area (Å²) in [7, 11) is 2.00. The van der Waals surface area contributed by atoms with E-state index in [9.17, 15) is 4.79 Å². The summed E-state index contributed by atoms with van der Waals surface area (Å²) in [5.41, 5.74) is 2.07. The van der Waals surface area contributed by atoms with Gasteiger partial charge in [-0.25, -0.2) is 0 Å². The van der Waals surface area contributed by atoms with Crippen molar-refractivity contribution in [2.75, 3.05) is 20.2 Å². The van der Waals surface area contributed by atoms with Crippen LogP contribution in [0.3, 0.4) is 0 Å². The number of likely N-dealkylation sites (tertiary alicyclic amines) is 1. The monoisotopic (exact) mass is 382 g/mol. The van der Waals surface area contributed by atoms with Crippen molar-refractivity contribution in [2.24, 2.45) is 0 Å². The summed E-state index contributed by atoms with van der Waals surface area (Å²) in [6.45, 7) is 13.4. The molecular weight excluding hydrogens is 348 g/mol. The molecule has 0 radical (unpaired) electrons. The third-order valence-electron chi connectivity index (χ3n) is 4.40. The van der Waals surface area contributed by atoms with Gasteiger partial charge in [-0.2, -0.15) is 0 Å². The van der Waals surface area contributed by atoms with Gasteiger partial charge in [-0.15, -0.1) is 0 Å². The lowest BCUT2D eigenvalue weighted by Gasteiger charge is -2.18. The van der Waals surface area contributed by atoms with Gasteiger partial charge in [-0.05, 0) is 49.7 Å². The number of hydrogen-bond donors (Lipinski definition) is 1. The Bertz CT molecular complexity index is 674. The minimum Gasteiger partial charge on any atom is -0.489 e. The van der Waals surface area contributed by atoms with E-state index in [1.807, 2.05) is 63.4 Å². The maximum Gasteiger partial charge on any atom is 0.237 e. The average molecular weight is 383 g/mol. The van der Waals surface area contributed by atoms with E-state index in [0.717, 1.165) is 36.3 Å². The lowest BCUT2D eigenvalue weighted by atomic mass is 10.2. The second-order valence-corrected chi connectivity index (χ2v) is 6.36. The molecule has 4 heteroatoms. The average Bonchev–Trinajstić information content (AvgIpc) is 3.16. The van der Waals surface area contributed by atoms with Gasteiger partial charge in [0.05, 0.1) is 6.04 Å². The largest absolute Gasteiger partial charge is 0.489 e. The van der Waals surface area contributed by atoms with Crippen LogP contribution in [0.25, 0.3) is 0 Å². The number of ether oxygens (including phenoxy) is 1. The highest BCUT2D eigenvalue weighted by Gasteiger charge is 2.27. The molecule has 1 aromatic carbocycles. The molecule has 152 valence electrons. The van der Waals surface area contributed by atoms with Crippen molar-refractivity contribution >= 4 is 5.91 Å². The van der Waals surface area contributed by atoms with E-state index in [4.69, 9.17) is 4.74 Å². The number of nitrogens with zero attached hydrogens (tertiary/aromatic N) is 1. The molecule has 0 aliphatic carbocycles. The van der Waals surface area contributed by atoms with Crippen molar-refractivity contribution in [1.29, 1.82) is 0 Å². The van der Waals surface area contributed by atoms with Crippen LogP contribution >= 0.6 is 0 Å². The molecule has 1 atom stereocenters. The zero-order valence-corrected chi connectivity index (χ0v) is 17.5. The molecule has 1 aliphatic rings. The fourth-order valence-corrected chi connectivity index (χ4v) is 2.91. The van der Waals surface area contributed by atoms with E-state index in [1.165, 1.54) is 0 Å². The summed E-state index contributed by atoms with van der Waals surface area (Å²) in [4.78, 5) is 14.3. The normalized spacial score (nSPS) is 17.0. The van der Waals surface area contributed by atoms with Crippen molar-refractivity contribution in [3.8, 4) is 5.75 Å². The van der Waals surface area contributed by atoms with E-state index in [2.05, 4.69) is 23.4 Å². The van der Waals surface area contributed by atoms with Crippen LogP contribution in [-0.2, 0) is 11.3 Å². The quantitative estimate of drug-likeness (QED) is 0.632. The van der Waals surface area contributed by atoms with Gasteiger partial charge < -0.3 is 10.1 Å². The number of benzene rings is 1. The maximum atomic E-state index is 12.2. The fourth-order valence-electron chi connectivity index (χ4n) is 2.91.